The number of nitrogens with two attached hydrogens (primary N) is 1. The van der Waals surface area contributed by atoms with Crippen LogP contribution in [0.1, 0.15) is 22.8 Å². The first-order chi connectivity index (χ1) is 7.91. The Balaban J connectivity index is 2.73. The molecule has 3 N–H and O–H groups in total. The zero-order valence-corrected chi connectivity index (χ0v) is 9.90. The van der Waals surface area contributed by atoms with Crippen LogP contribution < -0.4 is 5.73 Å². The number of ether oxygens (including phenoxy) is 1. The molecule has 0 saturated carbocycles. The van der Waals surface area contributed by atoms with Crippen molar-refractivity contribution in [1.82, 2.24) is 0 Å². The van der Waals surface area contributed by atoms with Crippen molar-refractivity contribution in [2.75, 3.05) is 0 Å². The fourth-order valence-electron chi connectivity index (χ4n) is 1.10. The lowest BCUT2D eigenvalue weighted by Gasteiger charge is -2.10. The summed E-state index contributed by atoms with van der Waals surface area (Å²) in [5.41, 5.74) is 5.99. The highest BCUT2D eigenvalue weighted by Crippen LogP contribution is 2.19. The smallest absolute Gasteiger partial charge is 0.332 e. The number of hydrogen-bond donors (Lipinski definition) is 2. The van der Waals surface area contributed by atoms with Gasteiger partial charge in [0.2, 0.25) is 5.91 Å². The number of amides is 1. The quantitative estimate of drug-likeness (QED) is 0.835. The third-order valence-electron chi connectivity index (χ3n) is 2.17. The zero-order chi connectivity index (χ0) is 13.0. The largest absolute Gasteiger partial charge is 0.479 e. The zero-order valence-electron chi connectivity index (χ0n) is 9.14. The molecule has 0 aliphatic rings. The third kappa shape index (κ3) is 3.72. The number of aliphatic carboxylic acids is 1. The molecule has 1 amide bonds. The molecule has 1 aromatic rings. The van der Waals surface area contributed by atoms with E-state index in [9.17, 15) is 9.59 Å². The Morgan fingerprint density at radius 2 is 2.18 bits per heavy atom. The van der Waals surface area contributed by atoms with Crippen LogP contribution in [0, 0.1) is 0 Å². The lowest BCUT2D eigenvalue weighted by atomic mass is 10.1. The molecular weight excluding hydrogens is 246 g/mol. The number of rotatable bonds is 5. The van der Waals surface area contributed by atoms with Crippen LogP contribution >= 0.6 is 11.6 Å². The molecule has 1 atom stereocenters. The molecule has 1 rings (SSSR count). The molecule has 0 aliphatic carbocycles. The Kier molecular flexibility index (Phi) is 4.48. The van der Waals surface area contributed by atoms with Gasteiger partial charge in [-0.15, -0.1) is 0 Å². The topological polar surface area (TPSA) is 89.6 Å². The fourth-order valence-corrected chi connectivity index (χ4v) is 1.34. The lowest BCUT2D eigenvalue weighted by molar-refractivity contribution is -0.149. The van der Waals surface area contributed by atoms with Crippen molar-refractivity contribution in [3.8, 4) is 0 Å². The second-order valence-electron chi connectivity index (χ2n) is 3.46. The van der Waals surface area contributed by atoms with Gasteiger partial charge in [0.25, 0.3) is 0 Å². The van der Waals surface area contributed by atoms with E-state index < -0.39 is 18.0 Å². The molecule has 0 aliphatic heterocycles. The average Bonchev–Trinajstić information content (AvgIpc) is 2.26. The molecule has 0 fully saturated rings. The predicted octanol–water partition coefficient (Wildman–Crippen LogP) is 1.43. The van der Waals surface area contributed by atoms with E-state index in [0.717, 1.165) is 0 Å². The molecule has 1 aromatic carbocycles. The molecule has 0 bridgehead atoms. The summed E-state index contributed by atoms with van der Waals surface area (Å²) >= 11 is 5.90. The van der Waals surface area contributed by atoms with Gasteiger partial charge in [-0.05, 0) is 24.6 Å². The first-order valence-corrected chi connectivity index (χ1v) is 5.22. The summed E-state index contributed by atoms with van der Waals surface area (Å²) in [5, 5.41) is 8.95. The van der Waals surface area contributed by atoms with Crippen LogP contribution in [0.15, 0.2) is 18.2 Å². The molecule has 0 saturated heterocycles. The van der Waals surface area contributed by atoms with Crippen LogP contribution in [0.5, 0.6) is 0 Å². The standard InChI is InChI=1S/C11H12ClNO4/c1-6(11(15)16)17-5-8-3-2-7(10(13)14)4-9(8)12/h2-4,6H,5H2,1H3,(H2,13,14)(H,15,16)/t6-/m1/s1. The molecular formula is C11H12ClNO4. The van der Waals surface area contributed by atoms with Crippen molar-refractivity contribution >= 4 is 23.5 Å². The van der Waals surface area contributed by atoms with Crippen LogP contribution in [0.25, 0.3) is 0 Å². The van der Waals surface area contributed by atoms with Crippen LogP contribution in [-0.2, 0) is 16.1 Å². The van der Waals surface area contributed by atoms with E-state index in [1.54, 1.807) is 6.07 Å². The van der Waals surface area contributed by atoms with Gasteiger partial charge in [0.1, 0.15) is 0 Å². The van der Waals surface area contributed by atoms with Gasteiger partial charge in [0.15, 0.2) is 6.10 Å². The minimum atomic E-state index is -1.05. The van der Waals surface area contributed by atoms with E-state index in [1.165, 1.54) is 19.1 Å². The van der Waals surface area contributed by atoms with E-state index in [2.05, 4.69) is 0 Å². The summed E-state index contributed by atoms with van der Waals surface area (Å²) in [7, 11) is 0. The molecule has 0 radical (unpaired) electrons. The minimum absolute atomic E-state index is 0.0609. The maximum absolute atomic E-state index is 10.9. The Morgan fingerprint density at radius 1 is 1.53 bits per heavy atom. The van der Waals surface area contributed by atoms with E-state index >= 15 is 0 Å². The first kappa shape index (κ1) is 13.5. The number of carbonyl (C=O) groups excluding carboxylic acids is 1. The number of carboxylic acid groups (broad SMARTS) is 1. The van der Waals surface area contributed by atoms with Crippen molar-refractivity contribution < 1.29 is 19.4 Å². The molecule has 0 heterocycles. The van der Waals surface area contributed by atoms with Crippen LogP contribution in [0.4, 0.5) is 0 Å². The summed E-state index contributed by atoms with van der Waals surface area (Å²) < 4.78 is 5.07. The fraction of sp³-hybridized carbons (Fsp3) is 0.273. The molecule has 5 nitrogen and oxygen atoms in total. The van der Waals surface area contributed by atoms with Crippen LogP contribution in [0.3, 0.4) is 0 Å². The predicted molar refractivity (Wildman–Crippen MR) is 61.9 cm³/mol. The molecule has 0 aromatic heterocycles. The summed E-state index contributed by atoms with van der Waals surface area (Å²) in [6.45, 7) is 1.49. The molecule has 6 heteroatoms. The molecule has 0 unspecified atom stereocenters. The number of carbonyl (C=O) groups is 2. The number of benzene rings is 1. The maximum atomic E-state index is 10.9. The summed E-state index contributed by atoms with van der Waals surface area (Å²) in [6.07, 6.45) is -0.915. The maximum Gasteiger partial charge on any atom is 0.332 e. The van der Waals surface area contributed by atoms with E-state index in [0.29, 0.717) is 16.1 Å². The monoisotopic (exact) mass is 257 g/mol. The second kappa shape index (κ2) is 5.65. The van der Waals surface area contributed by atoms with E-state index in [1.807, 2.05) is 0 Å². The highest BCUT2D eigenvalue weighted by Gasteiger charge is 2.12. The molecule has 92 valence electrons. The molecule has 0 spiro atoms. The summed E-state index contributed by atoms with van der Waals surface area (Å²) in [4.78, 5) is 21.4. The highest BCUT2D eigenvalue weighted by atomic mass is 35.5. The van der Waals surface area contributed by atoms with Crippen molar-refractivity contribution in [3.05, 3.63) is 34.3 Å². The van der Waals surface area contributed by atoms with Crippen molar-refractivity contribution in [1.29, 1.82) is 0 Å². The Labute approximate surface area is 103 Å². The van der Waals surface area contributed by atoms with Gasteiger partial charge in [0.05, 0.1) is 6.61 Å². The van der Waals surface area contributed by atoms with Gasteiger partial charge in [0, 0.05) is 10.6 Å². The normalized spacial score (nSPS) is 12.1. The first-order valence-electron chi connectivity index (χ1n) is 4.84. The van der Waals surface area contributed by atoms with Gasteiger partial charge in [-0.1, -0.05) is 17.7 Å². The van der Waals surface area contributed by atoms with Crippen molar-refractivity contribution in [3.63, 3.8) is 0 Å². The van der Waals surface area contributed by atoms with Crippen LogP contribution in [0.2, 0.25) is 5.02 Å². The van der Waals surface area contributed by atoms with Crippen LogP contribution in [-0.4, -0.2) is 23.1 Å². The van der Waals surface area contributed by atoms with Gasteiger partial charge < -0.3 is 15.6 Å². The minimum Gasteiger partial charge on any atom is -0.479 e. The Morgan fingerprint density at radius 3 is 2.65 bits per heavy atom. The average molecular weight is 258 g/mol. The number of halogens is 1. The Hall–Kier alpha value is -1.59. The van der Waals surface area contributed by atoms with Gasteiger partial charge in [-0.3, -0.25) is 4.79 Å². The van der Waals surface area contributed by atoms with Crippen molar-refractivity contribution in [2.24, 2.45) is 5.73 Å². The number of hydrogen-bond acceptors (Lipinski definition) is 3. The van der Waals surface area contributed by atoms with E-state index in [-0.39, 0.29) is 6.61 Å². The van der Waals surface area contributed by atoms with Gasteiger partial charge in [-0.2, -0.15) is 0 Å². The lowest BCUT2D eigenvalue weighted by Crippen LogP contribution is -2.19. The molecule has 17 heavy (non-hydrogen) atoms. The van der Waals surface area contributed by atoms with Gasteiger partial charge in [-0.25, -0.2) is 4.79 Å². The second-order valence-corrected chi connectivity index (χ2v) is 3.87. The van der Waals surface area contributed by atoms with Gasteiger partial charge >= 0.3 is 5.97 Å². The van der Waals surface area contributed by atoms with Crippen molar-refractivity contribution in [2.45, 2.75) is 19.6 Å². The highest BCUT2D eigenvalue weighted by molar-refractivity contribution is 6.31. The Bertz CT molecular complexity index is 447. The number of primary amides is 1. The van der Waals surface area contributed by atoms with E-state index in [4.69, 9.17) is 27.2 Å². The summed E-state index contributed by atoms with van der Waals surface area (Å²) in [6, 6.07) is 4.52. The SMILES string of the molecule is C[C@@H](OCc1ccc(C(N)=O)cc1Cl)C(=O)O. The number of carboxylic acids is 1. The third-order valence-corrected chi connectivity index (χ3v) is 2.53. The summed E-state index contributed by atoms with van der Waals surface area (Å²) in [5.74, 6) is -1.62.